The van der Waals surface area contributed by atoms with Crippen molar-refractivity contribution in [1.82, 2.24) is 9.88 Å². The van der Waals surface area contributed by atoms with Gasteiger partial charge < -0.3 is 19.9 Å². The number of halogens is 1. The third-order valence-electron chi connectivity index (χ3n) is 4.02. The molecule has 0 radical (unpaired) electrons. The monoisotopic (exact) mass is 367 g/mol. The predicted octanol–water partition coefficient (Wildman–Crippen LogP) is 4.40. The Balaban J connectivity index is 1.54. The highest BCUT2D eigenvalue weighted by atomic mass is 19.1. The average molecular weight is 367 g/mol. The van der Waals surface area contributed by atoms with Gasteiger partial charge in [-0.3, -0.25) is 0 Å². The molecule has 140 valence electrons. The van der Waals surface area contributed by atoms with E-state index in [0.717, 1.165) is 17.0 Å². The van der Waals surface area contributed by atoms with Crippen LogP contribution in [0.2, 0.25) is 0 Å². The van der Waals surface area contributed by atoms with Crippen molar-refractivity contribution in [2.24, 2.45) is 0 Å². The van der Waals surface area contributed by atoms with Gasteiger partial charge in [-0.25, -0.2) is 9.18 Å². The minimum absolute atomic E-state index is 0.255. The largest absolute Gasteiger partial charge is 0.494 e. The molecule has 0 saturated heterocycles. The third kappa shape index (κ3) is 5.34. The Morgan fingerprint density at radius 2 is 1.93 bits per heavy atom. The standard InChI is InChI=1S/C21H22FN3O2/c1-2-27-20-10-8-18(9-11-20)24-21(26)23-14-19-7-4-12-25(19)15-16-5-3-6-17(22)13-16/h3-13H,2,14-15H2,1H3,(H2,23,24,26). The van der Waals surface area contributed by atoms with Crippen molar-refractivity contribution in [2.45, 2.75) is 20.0 Å². The van der Waals surface area contributed by atoms with Gasteiger partial charge in [0.05, 0.1) is 13.2 Å². The van der Waals surface area contributed by atoms with E-state index in [1.165, 1.54) is 12.1 Å². The van der Waals surface area contributed by atoms with E-state index in [4.69, 9.17) is 4.74 Å². The average Bonchev–Trinajstić information content (AvgIpc) is 3.09. The lowest BCUT2D eigenvalue weighted by atomic mass is 10.2. The minimum Gasteiger partial charge on any atom is -0.494 e. The van der Waals surface area contributed by atoms with Gasteiger partial charge in [0, 0.05) is 24.1 Å². The molecule has 6 heteroatoms. The summed E-state index contributed by atoms with van der Waals surface area (Å²) in [6, 6.07) is 17.2. The number of aromatic nitrogens is 1. The van der Waals surface area contributed by atoms with Gasteiger partial charge in [0.25, 0.3) is 0 Å². The van der Waals surface area contributed by atoms with Crippen LogP contribution >= 0.6 is 0 Å². The minimum atomic E-state index is -0.294. The quantitative estimate of drug-likeness (QED) is 0.650. The Labute approximate surface area is 157 Å². The van der Waals surface area contributed by atoms with Crippen LogP contribution < -0.4 is 15.4 Å². The molecule has 0 saturated carbocycles. The fourth-order valence-corrected chi connectivity index (χ4v) is 2.74. The van der Waals surface area contributed by atoms with Crippen molar-refractivity contribution in [3.63, 3.8) is 0 Å². The van der Waals surface area contributed by atoms with E-state index in [0.29, 0.717) is 25.4 Å². The predicted molar refractivity (Wildman–Crippen MR) is 103 cm³/mol. The number of nitrogens with one attached hydrogen (secondary N) is 2. The molecule has 0 spiro atoms. The molecular formula is C21H22FN3O2. The first-order valence-corrected chi connectivity index (χ1v) is 8.80. The Hall–Kier alpha value is -3.28. The SMILES string of the molecule is CCOc1ccc(NC(=O)NCc2cccn2Cc2cccc(F)c2)cc1. The van der Waals surface area contributed by atoms with E-state index in [1.807, 2.05) is 48.0 Å². The van der Waals surface area contributed by atoms with Crippen molar-refractivity contribution in [3.05, 3.63) is 83.9 Å². The van der Waals surface area contributed by atoms with Crippen LogP contribution in [0.15, 0.2) is 66.9 Å². The van der Waals surface area contributed by atoms with Gasteiger partial charge in [-0.05, 0) is 61.0 Å². The second-order valence-corrected chi connectivity index (χ2v) is 6.02. The third-order valence-corrected chi connectivity index (χ3v) is 4.02. The molecule has 5 nitrogen and oxygen atoms in total. The van der Waals surface area contributed by atoms with Gasteiger partial charge in [-0.2, -0.15) is 0 Å². The van der Waals surface area contributed by atoms with E-state index in [-0.39, 0.29) is 11.8 Å². The van der Waals surface area contributed by atoms with E-state index >= 15 is 0 Å². The summed E-state index contributed by atoms with van der Waals surface area (Å²) in [5, 5.41) is 5.62. The number of carbonyl (C=O) groups excluding carboxylic acids is 1. The zero-order valence-electron chi connectivity index (χ0n) is 15.1. The summed E-state index contributed by atoms with van der Waals surface area (Å²) in [6.45, 7) is 3.43. The number of hydrogen-bond donors (Lipinski definition) is 2. The molecule has 0 aliphatic heterocycles. The Kier molecular flexibility index (Phi) is 6.10. The van der Waals surface area contributed by atoms with Gasteiger partial charge in [0.1, 0.15) is 11.6 Å². The van der Waals surface area contributed by atoms with Crippen LogP contribution in [-0.2, 0) is 13.1 Å². The molecule has 0 fully saturated rings. The number of urea groups is 1. The van der Waals surface area contributed by atoms with Gasteiger partial charge in [0.2, 0.25) is 0 Å². The number of carbonyl (C=O) groups is 1. The molecular weight excluding hydrogens is 345 g/mol. The Morgan fingerprint density at radius 3 is 2.67 bits per heavy atom. The zero-order valence-corrected chi connectivity index (χ0v) is 15.1. The summed E-state index contributed by atoms with van der Waals surface area (Å²) < 4.78 is 20.7. The Bertz CT molecular complexity index is 890. The number of anilines is 1. The van der Waals surface area contributed by atoms with Crippen molar-refractivity contribution in [2.75, 3.05) is 11.9 Å². The van der Waals surface area contributed by atoms with Crippen LogP contribution in [0.5, 0.6) is 5.75 Å². The summed E-state index contributed by atoms with van der Waals surface area (Å²) in [5.74, 6) is 0.507. The number of benzene rings is 2. The number of amides is 2. The molecule has 27 heavy (non-hydrogen) atoms. The van der Waals surface area contributed by atoms with Crippen molar-refractivity contribution >= 4 is 11.7 Å². The zero-order chi connectivity index (χ0) is 19.1. The molecule has 1 aromatic heterocycles. The van der Waals surface area contributed by atoms with Crippen LogP contribution in [0.3, 0.4) is 0 Å². The molecule has 0 bridgehead atoms. The maximum Gasteiger partial charge on any atom is 0.319 e. The first-order chi connectivity index (χ1) is 13.1. The topological polar surface area (TPSA) is 55.3 Å². The van der Waals surface area contributed by atoms with E-state index in [2.05, 4.69) is 10.6 Å². The molecule has 2 amide bonds. The van der Waals surface area contributed by atoms with Gasteiger partial charge in [-0.1, -0.05) is 12.1 Å². The van der Waals surface area contributed by atoms with Crippen molar-refractivity contribution in [1.29, 1.82) is 0 Å². The normalized spacial score (nSPS) is 10.4. The molecule has 3 aromatic rings. The summed E-state index contributed by atoms with van der Waals surface area (Å²) in [4.78, 5) is 12.1. The molecule has 2 N–H and O–H groups in total. The number of rotatable bonds is 7. The lowest BCUT2D eigenvalue weighted by molar-refractivity contribution is 0.251. The molecule has 0 aliphatic rings. The summed E-state index contributed by atoms with van der Waals surface area (Å²) in [7, 11) is 0. The van der Waals surface area contributed by atoms with Crippen LogP contribution in [0.25, 0.3) is 0 Å². The molecule has 0 aliphatic carbocycles. The number of hydrogen-bond acceptors (Lipinski definition) is 2. The van der Waals surface area contributed by atoms with Gasteiger partial charge in [-0.15, -0.1) is 0 Å². The van der Waals surface area contributed by atoms with Crippen LogP contribution in [0.4, 0.5) is 14.9 Å². The maximum absolute atomic E-state index is 13.3. The first kappa shape index (κ1) is 18.5. The smallest absolute Gasteiger partial charge is 0.319 e. The van der Waals surface area contributed by atoms with E-state index < -0.39 is 0 Å². The van der Waals surface area contributed by atoms with Gasteiger partial charge >= 0.3 is 6.03 Å². The summed E-state index contributed by atoms with van der Waals surface area (Å²) in [6.07, 6.45) is 1.91. The number of nitrogens with zero attached hydrogens (tertiary/aromatic N) is 1. The Morgan fingerprint density at radius 1 is 1.11 bits per heavy atom. The van der Waals surface area contributed by atoms with E-state index in [1.54, 1.807) is 18.2 Å². The molecule has 0 atom stereocenters. The highest BCUT2D eigenvalue weighted by Gasteiger charge is 2.06. The second kappa shape index (κ2) is 8.89. The fraction of sp³-hybridized carbons (Fsp3) is 0.190. The summed E-state index contributed by atoms with van der Waals surface area (Å²) >= 11 is 0. The molecule has 2 aromatic carbocycles. The lowest BCUT2D eigenvalue weighted by Gasteiger charge is -2.12. The van der Waals surface area contributed by atoms with Gasteiger partial charge in [0.15, 0.2) is 0 Å². The summed E-state index contributed by atoms with van der Waals surface area (Å²) in [5.41, 5.74) is 2.48. The second-order valence-electron chi connectivity index (χ2n) is 6.02. The van der Waals surface area contributed by atoms with Crippen molar-refractivity contribution < 1.29 is 13.9 Å². The lowest BCUT2D eigenvalue weighted by Crippen LogP contribution is -2.29. The van der Waals surface area contributed by atoms with Crippen LogP contribution in [-0.4, -0.2) is 17.2 Å². The highest BCUT2D eigenvalue weighted by molar-refractivity contribution is 5.89. The van der Waals surface area contributed by atoms with Crippen molar-refractivity contribution in [3.8, 4) is 5.75 Å². The fourth-order valence-electron chi connectivity index (χ4n) is 2.74. The highest BCUT2D eigenvalue weighted by Crippen LogP contribution is 2.15. The van der Waals surface area contributed by atoms with Crippen LogP contribution in [0.1, 0.15) is 18.2 Å². The molecule has 1 heterocycles. The molecule has 3 rings (SSSR count). The number of ether oxygens (including phenoxy) is 1. The van der Waals surface area contributed by atoms with E-state index in [9.17, 15) is 9.18 Å². The molecule has 0 unspecified atom stereocenters. The van der Waals surface area contributed by atoms with Crippen LogP contribution in [0, 0.1) is 5.82 Å². The first-order valence-electron chi connectivity index (χ1n) is 8.80. The maximum atomic E-state index is 13.3.